The van der Waals surface area contributed by atoms with Gasteiger partial charge >= 0.3 is 5.97 Å². The van der Waals surface area contributed by atoms with E-state index in [2.05, 4.69) is 0 Å². The minimum absolute atomic E-state index is 0.0873. The largest absolute Gasteiger partial charge is 0.462 e. The van der Waals surface area contributed by atoms with E-state index in [0.717, 1.165) is 25.7 Å². The first-order chi connectivity index (χ1) is 8.12. The lowest BCUT2D eigenvalue weighted by Crippen LogP contribution is -2.40. The van der Waals surface area contributed by atoms with Crippen LogP contribution in [0, 0.1) is 5.41 Å². The van der Waals surface area contributed by atoms with Gasteiger partial charge in [-0.25, -0.2) is 0 Å². The van der Waals surface area contributed by atoms with E-state index >= 15 is 0 Å². The molecule has 1 rings (SSSR count). The summed E-state index contributed by atoms with van der Waals surface area (Å²) < 4.78 is 15.7. The highest BCUT2D eigenvalue weighted by atomic mass is 16.6. The predicted octanol–water partition coefficient (Wildman–Crippen LogP) is 2.16. The first-order valence-corrected chi connectivity index (χ1v) is 6.31. The second-order valence-electron chi connectivity index (χ2n) is 5.09. The number of methoxy groups -OCH3 is 2. The molecule has 1 fully saturated rings. The molecule has 4 nitrogen and oxygen atoms in total. The van der Waals surface area contributed by atoms with Crippen LogP contribution >= 0.6 is 0 Å². The van der Waals surface area contributed by atoms with E-state index in [9.17, 15) is 4.79 Å². The van der Waals surface area contributed by atoms with E-state index in [-0.39, 0.29) is 12.1 Å². The highest BCUT2D eigenvalue weighted by Crippen LogP contribution is 2.25. The van der Waals surface area contributed by atoms with Crippen molar-refractivity contribution < 1.29 is 19.0 Å². The summed E-state index contributed by atoms with van der Waals surface area (Å²) in [4.78, 5) is 12.1. The zero-order valence-electron chi connectivity index (χ0n) is 11.2. The molecule has 0 aliphatic heterocycles. The average Bonchev–Trinajstić information content (AvgIpc) is 2.31. The fourth-order valence-corrected chi connectivity index (χ4v) is 2.27. The molecule has 17 heavy (non-hydrogen) atoms. The van der Waals surface area contributed by atoms with Crippen molar-refractivity contribution in [3.8, 4) is 0 Å². The summed E-state index contributed by atoms with van der Waals surface area (Å²) in [5.41, 5.74) is -0.694. The summed E-state index contributed by atoms with van der Waals surface area (Å²) in [6, 6.07) is 0. The molecule has 1 aliphatic carbocycles. The van der Waals surface area contributed by atoms with Crippen LogP contribution in [0.1, 0.15) is 39.0 Å². The molecule has 0 aromatic carbocycles. The highest BCUT2D eigenvalue weighted by Gasteiger charge is 2.36. The zero-order valence-corrected chi connectivity index (χ0v) is 11.2. The van der Waals surface area contributed by atoms with Gasteiger partial charge in [0.1, 0.15) is 11.5 Å². The Morgan fingerprint density at radius 3 is 2.12 bits per heavy atom. The Balaban J connectivity index is 2.51. The molecule has 0 aromatic heterocycles. The maximum Gasteiger partial charge on any atom is 0.316 e. The molecule has 4 heteroatoms. The molecule has 0 heterocycles. The fraction of sp³-hybridized carbons (Fsp3) is 0.923. The first kappa shape index (κ1) is 14.5. The van der Waals surface area contributed by atoms with Gasteiger partial charge in [0.2, 0.25) is 0 Å². The van der Waals surface area contributed by atoms with Crippen molar-refractivity contribution in [2.75, 3.05) is 27.4 Å². The lowest BCUT2D eigenvalue weighted by molar-refractivity contribution is -0.168. The molecule has 1 aliphatic rings. The standard InChI is InChI=1S/C13H24O4/c1-13(9-15-2,10-16-3)12(14)17-11-7-5-4-6-8-11/h11H,4-10H2,1-3H3. The summed E-state index contributed by atoms with van der Waals surface area (Å²) in [5.74, 6) is -0.201. The lowest BCUT2D eigenvalue weighted by atomic mass is 9.92. The van der Waals surface area contributed by atoms with Crippen LogP contribution in [-0.4, -0.2) is 39.5 Å². The van der Waals surface area contributed by atoms with E-state index < -0.39 is 5.41 Å². The molecule has 0 spiro atoms. The van der Waals surface area contributed by atoms with Gasteiger partial charge < -0.3 is 14.2 Å². The molecule has 0 N–H and O–H groups in total. The van der Waals surface area contributed by atoms with E-state index in [1.807, 2.05) is 6.92 Å². The van der Waals surface area contributed by atoms with Gasteiger partial charge in [-0.15, -0.1) is 0 Å². The summed E-state index contributed by atoms with van der Waals surface area (Å²) in [6.45, 7) is 2.48. The van der Waals surface area contributed by atoms with Crippen LogP contribution in [0.4, 0.5) is 0 Å². The van der Waals surface area contributed by atoms with Crippen LogP contribution in [0.3, 0.4) is 0 Å². The Morgan fingerprint density at radius 1 is 1.12 bits per heavy atom. The molecule has 0 bridgehead atoms. The van der Waals surface area contributed by atoms with Crippen LogP contribution < -0.4 is 0 Å². The second kappa shape index (κ2) is 6.97. The molecule has 0 radical (unpaired) electrons. The summed E-state index contributed by atoms with van der Waals surface area (Å²) >= 11 is 0. The number of carbonyl (C=O) groups excluding carboxylic acids is 1. The zero-order chi connectivity index (χ0) is 12.7. The molecule has 0 amide bonds. The van der Waals surface area contributed by atoms with Crippen LogP contribution in [0.2, 0.25) is 0 Å². The number of hydrogen-bond donors (Lipinski definition) is 0. The van der Waals surface area contributed by atoms with Crippen molar-refractivity contribution in [1.29, 1.82) is 0 Å². The number of carbonyl (C=O) groups is 1. The Morgan fingerprint density at radius 2 is 1.65 bits per heavy atom. The van der Waals surface area contributed by atoms with E-state index in [1.165, 1.54) is 6.42 Å². The Hall–Kier alpha value is -0.610. The molecule has 0 unspecified atom stereocenters. The summed E-state index contributed by atoms with van der Waals surface area (Å²) in [5, 5.41) is 0. The maximum atomic E-state index is 12.1. The highest BCUT2D eigenvalue weighted by molar-refractivity contribution is 5.77. The Bertz CT molecular complexity index is 228. The van der Waals surface area contributed by atoms with Gasteiger partial charge in [0.25, 0.3) is 0 Å². The minimum atomic E-state index is -0.694. The van der Waals surface area contributed by atoms with Crippen molar-refractivity contribution in [3.63, 3.8) is 0 Å². The topological polar surface area (TPSA) is 44.8 Å². The van der Waals surface area contributed by atoms with Crippen molar-refractivity contribution in [2.45, 2.75) is 45.1 Å². The van der Waals surface area contributed by atoms with Crippen molar-refractivity contribution in [3.05, 3.63) is 0 Å². The van der Waals surface area contributed by atoms with Gasteiger partial charge in [-0.05, 0) is 32.6 Å². The molecule has 1 saturated carbocycles. The number of hydrogen-bond acceptors (Lipinski definition) is 4. The molecule has 100 valence electrons. The van der Waals surface area contributed by atoms with Crippen LogP contribution in [0.25, 0.3) is 0 Å². The number of rotatable bonds is 6. The Kier molecular flexibility index (Phi) is 5.92. The average molecular weight is 244 g/mol. The van der Waals surface area contributed by atoms with Gasteiger partial charge in [0, 0.05) is 14.2 Å². The lowest BCUT2D eigenvalue weighted by Gasteiger charge is -2.29. The van der Waals surface area contributed by atoms with Gasteiger partial charge in [0.15, 0.2) is 0 Å². The third kappa shape index (κ3) is 4.28. The van der Waals surface area contributed by atoms with Gasteiger partial charge in [-0.1, -0.05) is 6.42 Å². The smallest absolute Gasteiger partial charge is 0.316 e. The summed E-state index contributed by atoms with van der Waals surface area (Å²) in [6.07, 6.45) is 5.63. The van der Waals surface area contributed by atoms with Crippen LogP contribution in [0.5, 0.6) is 0 Å². The van der Waals surface area contributed by atoms with Gasteiger partial charge in [-0.2, -0.15) is 0 Å². The molecule has 0 atom stereocenters. The van der Waals surface area contributed by atoms with E-state index in [1.54, 1.807) is 14.2 Å². The predicted molar refractivity (Wildman–Crippen MR) is 64.8 cm³/mol. The van der Waals surface area contributed by atoms with Gasteiger partial charge in [-0.3, -0.25) is 4.79 Å². The fourth-order valence-electron chi connectivity index (χ4n) is 2.27. The van der Waals surface area contributed by atoms with Crippen molar-refractivity contribution in [2.24, 2.45) is 5.41 Å². The quantitative estimate of drug-likeness (QED) is 0.672. The van der Waals surface area contributed by atoms with Crippen LogP contribution in [-0.2, 0) is 19.0 Å². The second-order valence-corrected chi connectivity index (χ2v) is 5.09. The van der Waals surface area contributed by atoms with Crippen molar-refractivity contribution >= 4 is 5.97 Å². The number of ether oxygens (including phenoxy) is 3. The van der Waals surface area contributed by atoms with E-state index in [0.29, 0.717) is 13.2 Å². The molecule has 0 saturated heterocycles. The number of esters is 1. The minimum Gasteiger partial charge on any atom is -0.462 e. The third-order valence-electron chi connectivity index (χ3n) is 3.24. The Labute approximate surface area is 104 Å². The SMILES string of the molecule is COCC(C)(COC)C(=O)OC1CCCCC1. The molecular weight excluding hydrogens is 220 g/mol. The molecular formula is C13H24O4. The summed E-state index contributed by atoms with van der Waals surface area (Å²) in [7, 11) is 3.17. The normalized spacial score (nSPS) is 18.1. The molecule has 0 aromatic rings. The van der Waals surface area contributed by atoms with Gasteiger partial charge in [0.05, 0.1) is 13.2 Å². The van der Waals surface area contributed by atoms with Crippen LogP contribution in [0.15, 0.2) is 0 Å². The first-order valence-electron chi connectivity index (χ1n) is 6.31. The van der Waals surface area contributed by atoms with Crippen molar-refractivity contribution in [1.82, 2.24) is 0 Å². The monoisotopic (exact) mass is 244 g/mol. The van der Waals surface area contributed by atoms with E-state index in [4.69, 9.17) is 14.2 Å². The third-order valence-corrected chi connectivity index (χ3v) is 3.24. The maximum absolute atomic E-state index is 12.1.